The number of hydrogen-bond acceptors (Lipinski definition) is 0. The van der Waals surface area contributed by atoms with Crippen LogP contribution in [0.25, 0.3) is 0 Å². The van der Waals surface area contributed by atoms with E-state index in [2.05, 4.69) is 490 Å². The van der Waals surface area contributed by atoms with Gasteiger partial charge in [-0.05, 0) is 0 Å². The molecule has 0 aliphatic rings. The van der Waals surface area contributed by atoms with Gasteiger partial charge in [0.2, 0.25) is 0 Å². The molecule has 15 aromatic carbocycles. The van der Waals surface area contributed by atoms with Crippen molar-refractivity contribution in [1.29, 1.82) is 0 Å². The lowest BCUT2D eigenvalue weighted by Gasteiger charge is -2.43. The summed E-state index contributed by atoms with van der Waals surface area (Å²) in [6.45, 7) is 11.4. The van der Waals surface area contributed by atoms with E-state index in [1.165, 1.54) is 178 Å². The van der Waals surface area contributed by atoms with E-state index in [-0.39, 0.29) is 11.9 Å². The number of benzene rings is 15. The first-order valence-electron chi connectivity index (χ1n) is 43.6. The van der Waals surface area contributed by atoms with Crippen LogP contribution in [-0.2, 0) is 0 Å². The molecule has 0 aliphatic carbocycles. The van der Waals surface area contributed by atoms with Crippen LogP contribution in [0.2, 0.25) is 31.6 Å². The Morgan fingerprint density at radius 1 is 0.129 bits per heavy atom. The lowest BCUT2D eigenvalue weighted by atomic mass is 9.14. The molecule has 588 valence electrons. The lowest BCUT2D eigenvalue weighted by Crippen LogP contribution is -2.66. The average Bonchev–Trinajstić information content (AvgIpc) is 0.787. The molecule has 4 N–H and O–H groups in total. The molecule has 0 radical (unpaired) electrons. The second-order valence-corrected chi connectivity index (χ2v) is 32.1. The molecule has 0 unspecified atom stereocenters. The molecule has 15 aromatic rings. The van der Waals surface area contributed by atoms with Gasteiger partial charge in [-0.1, -0.05) is 554 Å². The van der Waals surface area contributed by atoms with Crippen LogP contribution in [0.15, 0.2) is 455 Å². The van der Waals surface area contributed by atoms with Crippen molar-refractivity contribution >= 4 is 113 Å². The number of hydrogen-bond donors (Lipinski definition) is 1. The van der Waals surface area contributed by atoms with Crippen molar-refractivity contribution in [3.8, 4) is 0 Å². The van der Waals surface area contributed by atoms with E-state index in [0.717, 1.165) is 0 Å². The average molecular weight is 1520 g/mol. The molecule has 0 amide bonds. The summed E-state index contributed by atoms with van der Waals surface area (Å²) in [4.78, 5) is 0. The standard InChI is InChI=1S/5C22H24B.H3N/c5*1-2-3-19-23(20-13-7-4-8-14-20,21-15-9-5-10-16-21)22-17-11-6-12-18-22;/h5*4-18H,2-3,19H2,1H3;1H3/q5*-1;/p+5. The fourth-order valence-corrected chi connectivity index (χ4v) is 19.7. The summed E-state index contributed by atoms with van der Waals surface area (Å²) in [6.07, 6.45) is 13.6. The van der Waals surface area contributed by atoms with E-state index in [1.807, 2.05) is 0 Å². The van der Waals surface area contributed by atoms with Crippen LogP contribution in [0.4, 0.5) is 0 Å². The van der Waals surface area contributed by atoms with E-state index < -0.39 is 30.7 Å². The second-order valence-electron chi connectivity index (χ2n) is 32.1. The predicted molar refractivity (Wildman–Crippen MR) is 529 cm³/mol. The van der Waals surface area contributed by atoms with Gasteiger partial charge in [0.1, 0.15) is 0 Å². The van der Waals surface area contributed by atoms with E-state index in [9.17, 15) is 0 Å². The smallest absolute Gasteiger partial charge is 0.369 e. The van der Waals surface area contributed by atoms with Gasteiger partial charge in [-0.25, -0.2) is 0 Å². The van der Waals surface area contributed by atoms with Crippen LogP contribution in [0, 0.1) is 0 Å². The summed E-state index contributed by atoms with van der Waals surface area (Å²) in [7, 11) is 0. The molecule has 0 heterocycles. The van der Waals surface area contributed by atoms with Gasteiger partial charge in [-0.15, -0.1) is 0 Å². The third-order valence-electron chi connectivity index (χ3n) is 25.5. The van der Waals surface area contributed by atoms with E-state index in [4.69, 9.17) is 0 Å². The van der Waals surface area contributed by atoms with Gasteiger partial charge in [0, 0.05) is 0 Å². The van der Waals surface area contributed by atoms with Crippen LogP contribution >= 0.6 is 0 Å². The Labute approximate surface area is 705 Å². The van der Waals surface area contributed by atoms with Crippen molar-refractivity contribution in [3.05, 3.63) is 455 Å². The summed E-state index contributed by atoms with van der Waals surface area (Å²) in [6, 6.07) is 166. The van der Waals surface area contributed by atoms with Gasteiger partial charge in [0.25, 0.3) is 0 Å². The van der Waals surface area contributed by atoms with Crippen molar-refractivity contribution < 1.29 is 5.71 Å². The van der Waals surface area contributed by atoms with Crippen LogP contribution in [0.3, 0.4) is 0 Å². The molecule has 0 atom stereocenters. The summed E-state index contributed by atoms with van der Waals surface area (Å²) in [5, 5.41) is 0. The topological polar surface area (TPSA) is 36.5 Å². The SMILES string of the molecule is CCCC[B-](c1ccccc1)(c1ccccc1)c1ccccc1.CCCC[B-](c1ccccc1)(c1ccccc1)c1ccccc1.CCCC[B-](c1ccccc1)(c1ccccc1)c1ccccc1.CCCC[B-](c1ccccc1)(c1ccccc1)c1ccccc1.CCCC[B-](c1ccccc1)(c1ccccc1)c1ccccc1.[H+].[H+].[H+].[H+].[NH4+]. The largest absolute Gasteiger partial charge is 1.00 e. The second kappa shape index (κ2) is 46.2. The number of rotatable bonds is 30. The maximum absolute atomic E-state index is 2.30. The van der Waals surface area contributed by atoms with Gasteiger partial charge in [-0.3, -0.25) is 0 Å². The van der Waals surface area contributed by atoms with Gasteiger partial charge < -0.3 is 6.15 Å². The fraction of sp³-hybridized carbons (Fsp3) is 0.182. The molecule has 15 rings (SSSR count). The fourth-order valence-electron chi connectivity index (χ4n) is 19.7. The zero-order chi connectivity index (χ0) is 79.8. The number of unbranched alkanes of at least 4 members (excludes halogenated alkanes) is 5. The molecular formula is C110H128B5N. The molecule has 0 aliphatic heterocycles. The van der Waals surface area contributed by atoms with Crippen molar-refractivity contribution in [2.24, 2.45) is 0 Å². The highest BCUT2D eigenvalue weighted by Crippen LogP contribution is 2.23. The summed E-state index contributed by atoms with van der Waals surface area (Å²) in [5.74, 6) is 0. The first-order valence-corrected chi connectivity index (χ1v) is 43.6. The van der Waals surface area contributed by atoms with Crippen molar-refractivity contribution in [2.75, 3.05) is 0 Å². The Bertz CT molecular complexity index is 3830. The monoisotopic (exact) mass is 1520 g/mol. The predicted octanol–water partition coefficient (Wildman–Crippen LogP) is 20.6. The Balaban J connectivity index is 0.000000230. The van der Waals surface area contributed by atoms with E-state index >= 15 is 0 Å². The molecular weight excluding hydrogens is 1390 g/mol. The molecule has 0 saturated heterocycles. The minimum atomic E-state index is -0.913. The van der Waals surface area contributed by atoms with Gasteiger partial charge in [-0.2, -0.15) is 114 Å². The Morgan fingerprint density at radius 3 is 0.259 bits per heavy atom. The molecule has 0 spiro atoms. The summed E-state index contributed by atoms with van der Waals surface area (Å²) in [5.41, 5.74) is 21.6. The normalized spacial score (nSPS) is 11.2. The number of quaternary nitrogens is 1. The highest BCUT2D eigenvalue weighted by Gasteiger charge is 2.34. The maximum atomic E-state index is 2.30. The van der Waals surface area contributed by atoms with E-state index in [1.54, 1.807) is 0 Å². The minimum Gasteiger partial charge on any atom is -0.369 e. The third-order valence-corrected chi connectivity index (χ3v) is 25.5. The van der Waals surface area contributed by atoms with Gasteiger partial charge >= 0.3 is 5.71 Å². The van der Waals surface area contributed by atoms with Gasteiger partial charge in [0.15, 0.2) is 0 Å². The van der Waals surface area contributed by atoms with Crippen molar-refractivity contribution in [3.63, 3.8) is 0 Å². The van der Waals surface area contributed by atoms with Crippen LogP contribution in [0.1, 0.15) is 105 Å². The molecule has 0 saturated carbocycles. The molecule has 116 heavy (non-hydrogen) atoms. The van der Waals surface area contributed by atoms with Crippen LogP contribution in [-0.4, -0.2) is 30.7 Å². The first kappa shape index (κ1) is 87.0. The van der Waals surface area contributed by atoms with Crippen molar-refractivity contribution in [2.45, 2.75) is 130 Å². The minimum absolute atomic E-state index is 0. The molecule has 6 heteroatoms. The molecule has 1 nitrogen and oxygen atoms in total. The lowest BCUT2D eigenvalue weighted by molar-refractivity contribution is 0.874. The van der Waals surface area contributed by atoms with Crippen molar-refractivity contribution in [1.82, 2.24) is 6.15 Å². The molecule has 0 aromatic heterocycles. The Kier molecular flexibility index (Phi) is 34.7. The first-order chi connectivity index (χ1) is 56.9. The Morgan fingerprint density at radius 2 is 0.198 bits per heavy atom. The quantitative estimate of drug-likeness (QED) is 0.0436. The molecule has 0 bridgehead atoms. The summed E-state index contributed by atoms with van der Waals surface area (Å²) >= 11 is 0. The van der Waals surface area contributed by atoms with Gasteiger partial charge in [0.05, 0.1) is 30.7 Å². The third kappa shape index (κ3) is 21.2. The zero-order valence-corrected chi connectivity index (χ0v) is 70.3. The van der Waals surface area contributed by atoms with Crippen LogP contribution < -0.4 is 88.1 Å². The molecule has 0 fully saturated rings. The summed E-state index contributed by atoms with van der Waals surface area (Å²) < 4.78 is 0. The zero-order valence-electron chi connectivity index (χ0n) is 74.3. The Hall–Kier alpha value is -11.4. The van der Waals surface area contributed by atoms with E-state index in [0.29, 0.717) is 0 Å². The maximum Gasteiger partial charge on any atom is 1.00 e. The highest BCUT2D eigenvalue weighted by molar-refractivity contribution is 7.14. The highest BCUT2D eigenvalue weighted by atomic mass is 14.1. The van der Waals surface area contributed by atoms with Crippen LogP contribution in [0.5, 0.6) is 0 Å².